The van der Waals surface area contributed by atoms with E-state index in [0.29, 0.717) is 37.7 Å². The van der Waals surface area contributed by atoms with Crippen LogP contribution in [0.5, 0.6) is 0 Å². The summed E-state index contributed by atoms with van der Waals surface area (Å²) >= 11 is 0. The van der Waals surface area contributed by atoms with Gasteiger partial charge in [-0.3, -0.25) is 48.2 Å². The van der Waals surface area contributed by atoms with Crippen molar-refractivity contribution in [3.05, 3.63) is 125 Å². The number of imide groups is 1. The van der Waals surface area contributed by atoms with Gasteiger partial charge >= 0.3 is 12.2 Å². The van der Waals surface area contributed by atoms with E-state index in [9.17, 15) is 56.4 Å². The van der Waals surface area contributed by atoms with Crippen molar-refractivity contribution in [2.24, 2.45) is 11.3 Å². The van der Waals surface area contributed by atoms with Gasteiger partial charge < -0.3 is 41.0 Å². The summed E-state index contributed by atoms with van der Waals surface area (Å²) in [5.74, 6) is -4.81. The fraction of sp³-hybridized carbons (Fsp3) is 0.536. The molecule has 0 radical (unpaired) electrons. The summed E-state index contributed by atoms with van der Waals surface area (Å²) in [6.45, 7) is 24.8. The fourth-order valence-corrected chi connectivity index (χ4v) is 11.4. The van der Waals surface area contributed by atoms with Crippen LogP contribution >= 0.6 is 0 Å². The Kier molecular flexibility index (Phi) is 28.1. The molecule has 3 aromatic rings. The van der Waals surface area contributed by atoms with Gasteiger partial charge in [-0.1, -0.05) is 134 Å². The number of sulfonamides is 1. The summed E-state index contributed by atoms with van der Waals surface area (Å²) in [5.41, 5.74) is -1.53. The Morgan fingerprint density at radius 1 is 0.624 bits per heavy atom. The van der Waals surface area contributed by atoms with Gasteiger partial charge in [0.2, 0.25) is 29.5 Å². The second kappa shape index (κ2) is 34.0. The first kappa shape index (κ1) is 77.0. The number of likely N-dealkylation sites (N-methyl/N-ethyl adjacent to an activating group) is 2. The number of carbonyl (C=O) groups excluding carboxylic acids is 10. The van der Waals surface area contributed by atoms with Crippen molar-refractivity contribution in [1.82, 2.24) is 46.0 Å². The first-order valence-corrected chi connectivity index (χ1v) is 33.0. The number of hydrogen-bond donors (Lipinski definition) is 6. The van der Waals surface area contributed by atoms with Gasteiger partial charge in [0, 0.05) is 69.7 Å². The van der Waals surface area contributed by atoms with Crippen molar-refractivity contribution in [3.8, 4) is 0 Å². The lowest BCUT2D eigenvalue weighted by Crippen LogP contribution is -2.63. The molecule has 0 saturated carbocycles. The Balaban J connectivity index is 1.48. The van der Waals surface area contributed by atoms with Crippen molar-refractivity contribution in [3.63, 3.8) is 0 Å². The third-order valence-electron chi connectivity index (χ3n) is 15.4. The second-order valence-electron chi connectivity index (χ2n) is 27.5. The Morgan fingerprint density at radius 2 is 1.20 bits per heavy atom. The molecule has 0 aliphatic carbocycles. The molecule has 0 aromatic heterocycles. The summed E-state index contributed by atoms with van der Waals surface area (Å²) < 4.78 is 40.7. The molecular weight excluding hydrogens is 1210 g/mol. The Bertz CT molecular complexity index is 3260. The summed E-state index contributed by atoms with van der Waals surface area (Å²) in [4.78, 5) is 138. The molecule has 0 saturated heterocycles. The average Bonchev–Trinajstić information content (AvgIpc) is 1.19. The molecule has 5 atom stereocenters. The minimum atomic E-state index is -4.50. The fourth-order valence-electron chi connectivity index (χ4n) is 10.3. The molecule has 0 bridgehead atoms. The van der Waals surface area contributed by atoms with Crippen LogP contribution < -0.4 is 31.3 Å². The predicted molar refractivity (Wildman–Crippen MR) is 354 cm³/mol. The minimum absolute atomic E-state index is 0.0243. The van der Waals surface area contributed by atoms with Crippen molar-refractivity contribution < 1.29 is 65.8 Å². The van der Waals surface area contributed by atoms with Crippen molar-refractivity contribution in [1.29, 1.82) is 0 Å². The second-order valence-corrected chi connectivity index (χ2v) is 29.2. The molecule has 6 N–H and O–H groups in total. The number of ether oxygens (including phenoxy) is 2. The van der Waals surface area contributed by atoms with E-state index < -0.39 is 110 Å². The highest BCUT2D eigenvalue weighted by Gasteiger charge is 2.46. The van der Waals surface area contributed by atoms with E-state index in [1.807, 2.05) is 64.1 Å². The van der Waals surface area contributed by atoms with Gasteiger partial charge in [-0.15, -0.1) is 0 Å². The first-order chi connectivity index (χ1) is 43.2. The third-order valence-corrected chi connectivity index (χ3v) is 16.8. The summed E-state index contributed by atoms with van der Waals surface area (Å²) in [5, 5.41) is 14.1. The van der Waals surface area contributed by atoms with E-state index >= 15 is 0 Å². The number of carbonyl (C=O) groups is 10. The van der Waals surface area contributed by atoms with Crippen LogP contribution in [-0.2, 0) is 76.2 Å². The topological polar surface area (TPSA) is 305 Å². The van der Waals surface area contributed by atoms with E-state index in [4.69, 9.17) is 9.47 Å². The molecule has 4 rings (SSSR count). The standard InChI is InChI=1S/C69H99N9O14S/c1-45(2)53(76(15)63(86)57(66(4,5)6)74-62(85)58(77(16)65(88)92-68(10,11)12)69(13,14)49-30-22-18-23-31-49)42-46(3)59(82)75-93(89,90)50-36-34-48(35-37-50)44-71-60(83)51(32-25-26-40-70-64(87)91-67(7,8)9)73-61(84)52(43-47-28-20-17-21-29-47)72-54(79)33-24-19-27-41-78-55(80)38-39-56(78)81/h17-18,20-23,28-31,34-39,42,45,51-53,57-58H,19,24-27,32-33,40-41,43-44H2,1-16H3,(H,70,87)(H,71,83)(H,72,79)(H,73,84)(H,74,85)(H,75,82). The molecule has 1 aliphatic rings. The Labute approximate surface area is 549 Å². The van der Waals surface area contributed by atoms with Crippen molar-refractivity contribution >= 4 is 69.5 Å². The summed E-state index contributed by atoms with van der Waals surface area (Å²) in [6, 6.07) is 18.3. The largest absolute Gasteiger partial charge is 0.444 e. The molecule has 3 aromatic carbocycles. The van der Waals surface area contributed by atoms with Gasteiger partial charge in [0.25, 0.3) is 27.7 Å². The molecule has 1 aliphatic heterocycles. The maximum atomic E-state index is 14.8. The van der Waals surface area contributed by atoms with Gasteiger partial charge in [-0.25, -0.2) is 22.7 Å². The van der Waals surface area contributed by atoms with Crippen LogP contribution in [0.25, 0.3) is 0 Å². The molecule has 23 nitrogen and oxygen atoms in total. The van der Waals surface area contributed by atoms with E-state index in [1.54, 1.807) is 86.6 Å². The number of unbranched alkanes of at least 4 members (excludes halogenated alkanes) is 3. The van der Waals surface area contributed by atoms with Crippen LogP contribution in [0.15, 0.2) is 114 Å². The Hall–Kier alpha value is -8.41. The number of nitrogens with zero attached hydrogens (tertiary/aromatic N) is 3. The van der Waals surface area contributed by atoms with Crippen molar-refractivity contribution in [2.75, 3.05) is 27.2 Å². The van der Waals surface area contributed by atoms with Gasteiger partial charge in [0.05, 0.1) is 10.9 Å². The van der Waals surface area contributed by atoms with E-state index in [2.05, 4.69) is 31.3 Å². The van der Waals surface area contributed by atoms with Crippen LogP contribution in [0.1, 0.15) is 159 Å². The predicted octanol–water partition coefficient (Wildman–Crippen LogP) is 7.67. The maximum absolute atomic E-state index is 14.8. The highest BCUT2D eigenvalue weighted by atomic mass is 32.2. The normalized spacial score (nSPS) is 14.6. The minimum Gasteiger partial charge on any atom is -0.444 e. The monoisotopic (exact) mass is 1310 g/mol. The lowest BCUT2D eigenvalue weighted by Gasteiger charge is -2.42. The molecule has 0 spiro atoms. The zero-order chi connectivity index (χ0) is 69.8. The zero-order valence-corrected chi connectivity index (χ0v) is 57.8. The molecule has 10 amide bonds. The third kappa shape index (κ3) is 24.5. The van der Waals surface area contributed by atoms with Gasteiger partial charge in [0.1, 0.15) is 35.4 Å². The molecule has 510 valence electrons. The van der Waals surface area contributed by atoms with Gasteiger partial charge in [0.15, 0.2) is 0 Å². The molecule has 24 heteroatoms. The van der Waals surface area contributed by atoms with E-state index in [1.165, 1.54) is 73.3 Å². The quantitative estimate of drug-likeness (QED) is 0.0205. The van der Waals surface area contributed by atoms with E-state index in [0.717, 1.165) is 16.0 Å². The number of benzene rings is 3. The summed E-state index contributed by atoms with van der Waals surface area (Å²) in [7, 11) is -1.48. The van der Waals surface area contributed by atoms with Crippen LogP contribution in [0.4, 0.5) is 9.59 Å². The van der Waals surface area contributed by atoms with Crippen LogP contribution in [0.3, 0.4) is 0 Å². The molecular formula is C69H99N9O14S. The van der Waals surface area contributed by atoms with Crippen LogP contribution in [0.2, 0.25) is 0 Å². The number of amides is 10. The lowest BCUT2D eigenvalue weighted by molar-refractivity contribution is -0.142. The number of hydrogen-bond acceptors (Lipinski definition) is 14. The lowest BCUT2D eigenvalue weighted by atomic mass is 9.76. The first-order valence-electron chi connectivity index (χ1n) is 31.6. The highest BCUT2D eigenvalue weighted by Crippen LogP contribution is 2.33. The number of alkyl carbamates (subject to hydrolysis) is 1. The van der Waals surface area contributed by atoms with Crippen molar-refractivity contribution in [2.45, 2.75) is 207 Å². The maximum Gasteiger partial charge on any atom is 0.410 e. The molecule has 5 unspecified atom stereocenters. The highest BCUT2D eigenvalue weighted by molar-refractivity contribution is 7.90. The molecule has 1 heterocycles. The van der Waals surface area contributed by atoms with Crippen LogP contribution in [0, 0.1) is 11.3 Å². The average molecular weight is 1310 g/mol. The SMILES string of the molecule is CC(=CC(C(C)C)N(C)C(=O)C(NC(=O)C(N(C)C(=O)OC(C)(C)C)C(C)(C)c1ccccc1)C(C)(C)C)C(=O)NS(=O)(=O)c1ccc(CNC(=O)C(CCCCNC(=O)OC(C)(C)C)NC(=O)C(Cc2ccccc2)NC(=O)CCCCCN2C(=O)C=CC2=O)cc1. The van der Waals surface area contributed by atoms with Gasteiger partial charge in [-0.05, 0) is 121 Å². The number of rotatable bonds is 31. The molecule has 0 fully saturated rings. The molecule has 93 heavy (non-hydrogen) atoms. The zero-order valence-electron chi connectivity index (χ0n) is 57.0. The van der Waals surface area contributed by atoms with E-state index in [-0.39, 0.29) is 67.1 Å². The Morgan fingerprint density at radius 3 is 1.76 bits per heavy atom. The number of nitrogens with one attached hydrogen (secondary N) is 6. The smallest absolute Gasteiger partial charge is 0.410 e. The summed E-state index contributed by atoms with van der Waals surface area (Å²) in [6.07, 6.45) is 5.03. The van der Waals surface area contributed by atoms with Gasteiger partial charge in [-0.2, -0.15) is 0 Å². The van der Waals surface area contributed by atoms with Crippen LogP contribution in [-0.4, -0.2) is 151 Å².